The van der Waals surface area contributed by atoms with E-state index in [9.17, 15) is 0 Å². The molecule has 3 heterocycles. The number of nitrogens with one attached hydrogen (secondary N) is 1. The fourth-order valence-electron chi connectivity index (χ4n) is 3.06. The number of aromatic nitrogens is 4. The van der Waals surface area contributed by atoms with Gasteiger partial charge in [-0.2, -0.15) is 0 Å². The number of pyridine rings is 2. The number of hydrogen-bond donors (Lipinski definition) is 1. The monoisotopic (exact) mass is 415 g/mol. The molecular formula is C22H14ClN5S. The first kappa shape index (κ1) is 17.7. The standard InChI is InChI=1S/C22H14ClN5S/c23-16-9-4-10-17(13-16)25-22-28-27-21(29-22)18-12-15-8-5-11-24-20(15)26-19(18)14-6-2-1-3-7-14/h1-13H,(H,25,28). The SMILES string of the molecule is Clc1cccc(Nc2nnc(-c3cc4cccnc4nc3-c3ccccc3)s2)c1. The Morgan fingerprint density at radius 3 is 2.62 bits per heavy atom. The van der Waals surface area contributed by atoms with Crippen LogP contribution in [-0.2, 0) is 0 Å². The Morgan fingerprint density at radius 1 is 0.862 bits per heavy atom. The molecule has 140 valence electrons. The second-order valence-corrected chi connectivity index (χ2v) is 7.76. The van der Waals surface area contributed by atoms with Crippen LogP contribution in [0.2, 0.25) is 5.02 Å². The van der Waals surface area contributed by atoms with Gasteiger partial charge in [0.1, 0.15) is 0 Å². The average molecular weight is 416 g/mol. The number of halogens is 1. The van der Waals surface area contributed by atoms with Gasteiger partial charge in [-0.15, -0.1) is 10.2 Å². The molecule has 7 heteroatoms. The van der Waals surface area contributed by atoms with Crippen molar-refractivity contribution in [2.75, 3.05) is 5.32 Å². The lowest BCUT2D eigenvalue weighted by Gasteiger charge is -2.08. The first-order valence-electron chi connectivity index (χ1n) is 8.94. The Balaban J connectivity index is 1.60. The minimum Gasteiger partial charge on any atom is -0.330 e. The van der Waals surface area contributed by atoms with Crippen molar-refractivity contribution in [1.29, 1.82) is 0 Å². The van der Waals surface area contributed by atoms with Gasteiger partial charge in [0.2, 0.25) is 5.13 Å². The van der Waals surface area contributed by atoms with E-state index in [4.69, 9.17) is 16.6 Å². The summed E-state index contributed by atoms with van der Waals surface area (Å²) in [5.41, 5.74) is 4.34. The van der Waals surface area contributed by atoms with Gasteiger partial charge < -0.3 is 5.32 Å². The quantitative estimate of drug-likeness (QED) is 0.378. The molecule has 1 N–H and O–H groups in total. The Kier molecular flexibility index (Phi) is 4.63. The zero-order valence-corrected chi connectivity index (χ0v) is 16.7. The number of fused-ring (bicyclic) bond motifs is 1. The summed E-state index contributed by atoms with van der Waals surface area (Å²) in [4.78, 5) is 9.22. The molecule has 0 unspecified atom stereocenters. The summed E-state index contributed by atoms with van der Waals surface area (Å²) in [6.07, 6.45) is 1.75. The molecular weight excluding hydrogens is 402 g/mol. The van der Waals surface area contributed by atoms with E-state index in [-0.39, 0.29) is 0 Å². The summed E-state index contributed by atoms with van der Waals surface area (Å²) in [6, 6.07) is 23.5. The molecule has 3 aromatic heterocycles. The van der Waals surface area contributed by atoms with Crippen molar-refractivity contribution in [3.05, 3.63) is 84.0 Å². The molecule has 0 saturated heterocycles. The summed E-state index contributed by atoms with van der Waals surface area (Å²) in [5, 5.41) is 15.1. The van der Waals surface area contributed by atoms with Gasteiger partial charge in [-0.3, -0.25) is 0 Å². The fourth-order valence-corrected chi connectivity index (χ4v) is 4.03. The normalized spacial score (nSPS) is 10.9. The topological polar surface area (TPSA) is 63.6 Å². The zero-order valence-electron chi connectivity index (χ0n) is 15.1. The van der Waals surface area contributed by atoms with Crippen LogP contribution >= 0.6 is 22.9 Å². The van der Waals surface area contributed by atoms with E-state index in [0.29, 0.717) is 15.8 Å². The number of anilines is 2. The lowest BCUT2D eigenvalue weighted by molar-refractivity contribution is 1.10. The maximum absolute atomic E-state index is 6.07. The zero-order chi connectivity index (χ0) is 19.6. The molecule has 0 atom stereocenters. The predicted octanol–water partition coefficient (Wildman–Crippen LogP) is 6.21. The third kappa shape index (κ3) is 3.68. The Hall–Kier alpha value is -3.35. The van der Waals surface area contributed by atoms with Gasteiger partial charge in [0.25, 0.3) is 0 Å². The van der Waals surface area contributed by atoms with E-state index in [1.165, 1.54) is 11.3 Å². The van der Waals surface area contributed by atoms with Crippen LogP contribution in [0.1, 0.15) is 0 Å². The first-order valence-corrected chi connectivity index (χ1v) is 10.1. The molecule has 29 heavy (non-hydrogen) atoms. The highest BCUT2D eigenvalue weighted by molar-refractivity contribution is 7.18. The maximum atomic E-state index is 6.07. The Labute approximate surface area is 176 Å². The molecule has 0 aliphatic heterocycles. The molecule has 5 rings (SSSR count). The van der Waals surface area contributed by atoms with E-state index in [1.54, 1.807) is 6.20 Å². The molecule has 0 saturated carbocycles. The second-order valence-electron chi connectivity index (χ2n) is 6.35. The maximum Gasteiger partial charge on any atom is 0.210 e. The van der Waals surface area contributed by atoms with E-state index in [1.807, 2.05) is 66.7 Å². The highest BCUT2D eigenvalue weighted by Crippen LogP contribution is 2.36. The number of rotatable bonds is 4. The van der Waals surface area contributed by atoms with Crippen molar-refractivity contribution in [3.8, 4) is 21.8 Å². The molecule has 0 spiro atoms. The molecule has 5 aromatic rings. The molecule has 0 aliphatic rings. The molecule has 0 bridgehead atoms. The van der Waals surface area contributed by atoms with Gasteiger partial charge in [0.15, 0.2) is 10.7 Å². The smallest absolute Gasteiger partial charge is 0.210 e. The molecule has 0 fully saturated rings. The molecule has 0 aliphatic carbocycles. The van der Waals surface area contributed by atoms with Crippen LogP contribution in [0.25, 0.3) is 32.9 Å². The van der Waals surface area contributed by atoms with E-state index in [2.05, 4.69) is 26.6 Å². The summed E-state index contributed by atoms with van der Waals surface area (Å²) < 4.78 is 0. The van der Waals surface area contributed by atoms with Crippen LogP contribution in [0.4, 0.5) is 10.8 Å². The van der Waals surface area contributed by atoms with Gasteiger partial charge in [-0.25, -0.2) is 9.97 Å². The highest BCUT2D eigenvalue weighted by Gasteiger charge is 2.16. The van der Waals surface area contributed by atoms with Gasteiger partial charge in [-0.1, -0.05) is 59.3 Å². The third-order valence-electron chi connectivity index (χ3n) is 4.37. The largest absolute Gasteiger partial charge is 0.330 e. The van der Waals surface area contributed by atoms with E-state index < -0.39 is 0 Å². The number of nitrogens with zero attached hydrogens (tertiary/aromatic N) is 4. The van der Waals surface area contributed by atoms with Crippen LogP contribution in [0.5, 0.6) is 0 Å². The molecule has 0 amide bonds. The molecule has 5 nitrogen and oxygen atoms in total. The van der Waals surface area contributed by atoms with E-state index in [0.717, 1.165) is 32.9 Å². The summed E-state index contributed by atoms with van der Waals surface area (Å²) in [5.74, 6) is 0. The van der Waals surface area contributed by atoms with Gasteiger partial charge in [0, 0.05) is 33.4 Å². The first-order chi connectivity index (χ1) is 14.3. The van der Waals surface area contributed by atoms with Crippen LogP contribution in [-0.4, -0.2) is 20.2 Å². The number of hydrogen-bond acceptors (Lipinski definition) is 6. The third-order valence-corrected chi connectivity index (χ3v) is 5.48. The lowest BCUT2D eigenvalue weighted by Crippen LogP contribution is -1.92. The number of benzene rings is 2. The van der Waals surface area contributed by atoms with E-state index >= 15 is 0 Å². The van der Waals surface area contributed by atoms with Gasteiger partial charge in [-0.05, 0) is 36.4 Å². The Bertz CT molecular complexity index is 1300. The van der Waals surface area contributed by atoms with Crippen molar-refractivity contribution in [1.82, 2.24) is 20.2 Å². The summed E-state index contributed by atoms with van der Waals surface area (Å²) in [6.45, 7) is 0. The highest BCUT2D eigenvalue weighted by atomic mass is 35.5. The van der Waals surface area contributed by atoms with Crippen LogP contribution in [0.3, 0.4) is 0 Å². The minimum atomic E-state index is 0.664. The van der Waals surface area contributed by atoms with Crippen LogP contribution in [0, 0.1) is 0 Å². The lowest BCUT2D eigenvalue weighted by atomic mass is 10.0. The van der Waals surface area contributed by atoms with Crippen LogP contribution in [0.15, 0.2) is 79.0 Å². The molecule has 0 radical (unpaired) electrons. The summed E-state index contributed by atoms with van der Waals surface area (Å²) in [7, 11) is 0. The van der Waals surface area contributed by atoms with Crippen molar-refractivity contribution in [2.24, 2.45) is 0 Å². The molecule has 2 aromatic carbocycles. The fraction of sp³-hybridized carbons (Fsp3) is 0. The van der Waals surface area contributed by atoms with Crippen molar-refractivity contribution < 1.29 is 0 Å². The van der Waals surface area contributed by atoms with Gasteiger partial charge >= 0.3 is 0 Å². The summed E-state index contributed by atoms with van der Waals surface area (Å²) >= 11 is 7.54. The Morgan fingerprint density at radius 2 is 1.76 bits per heavy atom. The van der Waals surface area contributed by atoms with Crippen molar-refractivity contribution >= 4 is 44.8 Å². The predicted molar refractivity (Wildman–Crippen MR) is 119 cm³/mol. The van der Waals surface area contributed by atoms with Gasteiger partial charge in [0.05, 0.1) is 5.69 Å². The van der Waals surface area contributed by atoms with Crippen molar-refractivity contribution in [2.45, 2.75) is 0 Å². The average Bonchev–Trinajstić information content (AvgIpc) is 3.22. The minimum absolute atomic E-state index is 0.664. The second kappa shape index (κ2) is 7.58. The van der Waals surface area contributed by atoms with Crippen LogP contribution < -0.4 is 5.32 Å². The van der Waals surface area contributed by atoms with Crippen molar-refractivity contribution in [3.63, 3.8) is 0 Å².